The van der Waals surface area contributed by atoms with Gasteiger partial charge in [-0.3, -0.25) is 19.7 Å². The second-order valence-electron chi connectivity index (χ2n) is 12.4. The molecule has 1 saturated carbocycles. The first-order valence-corrected chi connectivity index (χ1v) is 17.2. The number of benzene rings is 2. The lowest BCUT2D eigenvalue weighted by Gasteiger charge is -2.18. The first-order chi connectivity index (χ1) is 24.4. The van der Waals surface area contributed by atoms with Gasteiger partial charge in [0.25, 0.3) is 0 Å². The van der Waals surface area contributed by atoms with E-state index in [0.29, 0.717) is 81.8 Å². The average Bonchev–Trinajstić information content (AvgIpc) is 3.84. The van der Waals surface area contributed by atoms with Crippen molar-refractivity contribution in [2.45, 2.75) is 50.4 Å². The van der Waals surface area contributed by atoms with Crippen molar-refractivity contribution in [1.29, 1.82) is 0 Å². The van der Waals surface area contributed by atoms with Crippen molar-refractivity contribution in [2.24, 2.45) is 0 Å². The van der Waals surface area contributed by atoms with Gasteiger partial charge in [-0.2, -0.15) is 0 Å². The van der Waals surface area contributed by atoms with Crippen LogP contribution in [0.15, 0.2) is 73.3 Å². The molecule has 0 radical (unpaired) electrons. The molecule has 1 unspecified atom stereocenters. The predicted octanol–water partition coefficient (Wildman–Crippen LogP) is 6.13. The van der Waals surface area contributed by atoms with Crippen LogP contribution in [-0.2, 0) is 23.4 Å². The summed E-state index contributed by atoms with van der Waals surface area (Å²) in [6, 6.07) is 15.6. The molecule has 11 nitrogen and oxygen atoms in total. The van der Waals surface area contributed by atoms with Crippen LogP contribution in [0.3, 0.4) is 0 Å². The molecule has 13 heteroatoms. The summed E-state index contributed by atoms with van der Waals surface area (Å²) < 4.78 is 11.3. The van der Waals surface area contributed by atoms with Gasteiger partial charge in [0.05, 0.1) is 48.0 Å². The molecule has 2 aliphatic rings. The van der Waals surface area contributed by atoms with E-state index < -0.39 is 0 Å². The van der Waals surface area contributed by atoms with Crippen molar-refractivity contribution in [1.82, 2.24) is 40.9 Å². The molecule has 1 aliphatic heterocycles. The lowest BCUT2D eigenvalue weighted by atomic mass is 9.98. The second kappa shape index (κ2) is 14.7. The number of methoxy groups -OCH3 is 2. The Morgan fingerprint density at radius 2 is 1.42 bits per heavy atom. The highest BCUT2D eigenvalue weighted by molar-refractivity contribution is 6.39. The quantitative estimate of drug-likeness (QED) is 0.131. The van der Waals surface area contributed by atoms with Crippen LogP contribution in [0.4, 0.5) is 0 Å². The van der Waals surface area contributed by atoms with Crippen molar-refractivity contribution in [3.05, 3.63) is 100 Å². The molecule has 2 fully saturated rings. The Bertz CT molecular complexity index is 2030. The van der Waals surface area contributed by atoms with Gasteiger partial charge in [-0.05, 0) is 30.9 Å². The topological polar surface area (TPSA) is 136 Å². The molecule has 1 atom stereocenters. The minimum atomic E-state index is -0.100. The highest BCUT2D eigenvalue weighted by Crippen LogP contribution is 2.46. The number of halogens is 2. The fourth-order valence-electron chi connectivity index (χ4n) is 6.29. The molecule has 0 bridgehead atoms. The first kappa shape index (κ1) is 33.8. The Morgan fingerprint density at radius 1 is 0.820 bits per heavy atom. The van der Waals surface area contributed by atoms with E-state index in [0.717, 1.165) is 30.4 Å². The van der Waals surface area contributed by atoms with Crippen molar-refractivity contribution in [3.8, 4) is 45.4 Å². The molecule has 3 N–H and O–H groups in total. The predicted molar refractivity (Wildman–Crippen MR) is 192 cm³/mol. The number of hydrogen-bond acceptors (Lipinski definition) is 10. The number of pyridine rings is 1. The van der Waals surface area contributed by atoms with Gasteiger partial charge < -0.3 is 25.4 Å². The highest BCUT2D eigenvalue weighted by Gasteiger charge is 2.44. The molecule has 2 aromatic carbocycles. The van der Waals surface area contributed by atoms with E-state index in [1.165, 1.54) is 5.56 Å². The molecular weight excluding hydrogens is 675 g/mol. The summed E-state index contributed by atoms with van der Waals surface area (Å²) in [6.45, 7) is 1.57. The van der Waals surface area contributed by atoms with E-state index in [1.807, 2.05) is 48.7 Å². The van der Waals surface area contributed by atoms with Crippen molar-refractivity contribution >= 4 is 29.1 Å². The Labute approximate surface area is 300 Å². The molecule has 3 aromatic heterocycles. The van der Waals surface area contributed by atoms with Crippen molar-refractivity contribution < 1.29 is 14.3 Å². The lowest BCUT2D eigenvalue weighted by molar-refractivity contribution is -0.119. The van der Waals surface area contributed by atoms with Crippen LogP contribution in [0.2, 0.25) is 10.0 Å². The van der Waals surface area contributed by atoms with E-state index in [4.69, 9.17) is 47.6 Å². The summed E-state index contributed by atoms with van der Waals surface area (Å²) in [5.74, 6) is 0.902. The van der Waals surface area contributed by atoms with Gasteiger partial charge >= 0.3 is 0 Å². The molecule has 0 spiro atoms. The Kier molecular flexibility index (Phi) is 9.91. The number of aromatic nitrogens is 5. The molecule has 7 rings (SSSR count). The van der Waals surface area contributed by atoms with Gasteiger partial charge in [0.1, 0.15) is 11.4 Å². The third-order valence-corrected chi connectivity index (χ3v) is 9.99. The Morgan fingerprint density at radius 3 is 1.94 bits per heavy atom. The van der Waals surface area contributed by atoms with Crippen LogP contribution in [-0.4, -0.2) is 57.6 Å². The highest BCUT2D eigenvalue weighted by atomic mass is 35.5. The largest absolute Gasteiger partial charge is 0.480 e. The van der Waals surface area contributed by atoms with E-state index in [1.54, 1.807) is 32.8 Å². The summed E-state index contributed by atoms with van der Waals surface area (Å²) in [5.41, 5.74) is 6.40. The maximum absolute atomic E-state index is 11.5. The standard InChI is InChI=1S/C37H36Cl2N8O3/c1-49-35-30(18-41-17-23-11-12-32(48)45-23)42-19-28(46-35)26-9-3-7-24(33(26)38)25-8-4-10-27(34(25)39)29-20-43-31(36(47-29)50-2)21-44-37(13-14-37)22-6-5-15-40-16-22/h3-10,15-16,19-20,23,41,44H,11-14,17-18,21H2,1-2H3,(H,45,48). The SMILES string of the molecule is COc1nc(-c2cccc(-c3cccc(-c4cnc(CNC5(c6cccnc6)CC5)c(OC)n4)c3Cl)c2Cl)cnc1CNCC1CCC(=O)N1. The maximum Gasteiger partial charge on any atom is 0.237 e. The van der Waals surface area contributed by atoms with Crippen LogP contribution < -0.4 is 25.4 Å². The van der Waals surface area contributed by atoms with Crippen LogP contribution in [0.25, 0.3) is 33.6 Å². The third-order valence-electron chi connectivity index (χ3n) is 9.18. The Balaban J connectivity index is 1.11. The summed E-state index contributed by atoms with van der Waals surface area (Å²) in [4.78, 5) is 34.7. The molecule has 1 aliphatic carbocycles. The number of ether oxygens (including phenoxy) is 2. The zero-order valence-corrected chi connectivity index (χ0v) is 29.2. The third kappa shape index (κ3) is 6.99. The van der Waals surface area contributed by atoms with Crippen molar-refractivity contribution in [3.63, 3.8) is 0 Å². The van der Waals surface area contributed by atoms with Gasteiger partial charge in [0.2, 0.25) is 17.7 Å². The lowest BCUT2D eigenvalue weighted by Crippen LogP contribution is -2.35. The number of nitrogens with one attached hydrogen (secondary N) is 3. The van der Waals surface area contributed by atoms with Crippen LogP contribution >= 0.6 is 23.2 Å². The molecular formula is C37H36Cl2N8O3. The fourth-order valence-corrected chi connectivity index (χ4v) is 6.93. The van der Waals surface area contributed by atoms with E-state index in [2.05, 4.69) is 32.0 Å². The van der Waals surface area contributed by atoms with Crippen LogP contribution in [0.1, 0.15) is 42.6 Å². The van der Waals surface area contributed by atoms with Gasteiger partial charge in [0.15, 0.2) is 0 Å². The zero-order chi connectivity index (χ0) is 34.7. The second-order valence-corrected chi connectivity index (χ2v) is 13.1. The van der Waals surface area contributed by atoms with Gasteiger partial charge in [-0.25, -0.2) is 9.97 Å². The summed E-state index contributed by atoms with van der Waals surface area (Å²) in [7, 11) is 3.15. The number of carbonyl (C=O) groups excluding carboxylic acids is 1. The summed E-state index contributed by atoms with van der Waals surface area (Å²) >= 11 is 14.2. The molecule has 1 amide bonds. The monoisotopic (exact) mass is 710 g/mol. The minimum absolute atomic E-state index is 0.0845. The zero-order valence-electron chi connectivity index (χ0n) is 27.7. The first-order valence-electron chi connectivity index (χ1n) is 16.4. The summed E-state index contributed by atoms with van der Waals surface area (Å²) in [5, 5.41) is 10.9. The molecule has 1 saturated heterocycles. The van der Waals surface area contributed by atoms with Gasteiger partial charge in [0, 0.05) is 72.3 Å². The van der Waals surface area contributed by atoms with Gasteiger partial charge in [-0.1, -0.05) is 65.7 Å². The molecule has 50 heavy (non-hydrogen) atoms. The average molecular weight is 712 g/mol. The molecule has 256 valence electrons. The fraction of sp³-hybridized carbons (Fsp3) is 0.297. The van der Waals surface area contributed by atoms with E-state index in [9.17, 15) is 4.79 Å². The van der Waals surface area contributed by atoms with E-state index >= 15 is 0 Å². The number of hydrogen-bond donors (Lipinski definition) is 3. The maximum atomic E-state index is 11.5. The minimum Gasteiger partial charge on any atom is -0.480 e. The number of amides is 1. The smallest absolute Gasteiger partial charge is 0.237 e. The number of nitrogens with zero attached hydrogens (tertiary/aromatic N) is 5. The number of rotatable bonds is 13. The number of carbonyl (C=O) groups is 1. The Hall–Kier alpha value is -4.68. The van der Waals surface area contributed by atoms with Crippen LogP contribution in [0, 0.1) is 0 Å². The van der Waals surface area contributed by atoms with E-state index in [-0.39, 0.29) is 17.5 Å². The van der Waals surface area contributed by atoms with Gasteiger partial charge in [-0.15, -0.1) is 0 Å². The molecule has 5 aromatic rings. The normalized spacial score (nSPS) is 16.2. The van der Waals surface area contributed by atoms with Crippen LogP contribution in [0.5, 0.6) is 11.8 Å². The molecule has 4 heterocycles. The van der Waals surface area contributed by atoms with Crippen molar-refractivity contribution in [2.75, 3.05) is 20.8 Å². The summed E-state index contributed by atoms with van der Waals surface area (Å²) in [6.07, 6.45) is 10.5.